The van der Waals surface area contributed by atoms with E-state index in [0.29, 0.717) is 48.8 Å². The van der Waals surface area contributed by atoms with E-state index in [1.165, 1.54) is 0 Å². The SMILES string of the molecule is COc1ccc(C(=O)CC(C)C(=O)N2CCN(C(=O)c3cccc(OC)c3)CC2)cc1. The summed E-state index contributed by atoms with van der Waals surface area (Å²) in [5, 5.41) is 0. The Morgan fingerprint density at radius 3 is 2.06 bits per heavy atom. The summed E-state index contributed by atoms with van der Waals surface area (Å²) in [4.78, 5) is 41.6. The maximum absolute atomic E-state index is 12.8. The van der Waals surface area contributed by atoms with Crippen molar-refractivity contribution in [2.24, 2.45) is 5.92 Å². The fourth-order valence-electron chi connectivity index (χ4n) is 3.64. The molecule has 0 bridgehead atoms. The van der Waals surface area contributed by atoms with Crippen LogP contribution >= 0.6 is 0 Å². The summed E-state index contributed by atoms with van der Waals surface area (Å²) < 4.78 is 10.3. The Morgan fingerprint density at radius 1 is 0.839 bits per heavy atom. The smallest absolute Gasteiger partial charge is 0.254 e. The first-order chi connectivity index (χ1) is 14.9. The van der Waals surface area contributed by atoms with Crippen molar-refractivity contribution >= 4 is 17.6 Å². The van der Waals surface area contributed by atoms with Gasteiger partial charge in [0.1, 0.15) is 11.5 Å². The summed E-state index contributed by atoms with van der Waals surface area (Å²) >= 11 is 0. The van der Waals surface area contributed by atoms with Gasteiger partial charge in [0.2, 0.25) is 5.91 Å². The van der Waals surface area contributed by atoms with Crippen LogP contribution in [-0.4, -0.2) is 67.8 Å². The summed E-state index contributed by atoms with van der Waals surface area (Å²) in [6, 6.07) is 13.9. The zero-order chi connectivity index (χ0) is 22.4. The van der Waals surface area contributed by atoms with Crippen molar-refractivity contribution in [3.63, 3.8) is 0 Å². The molecule has 164 valence electrons. The van der Waals surface area contributed by atoms with Crippen molar-refractivity contribution in [1.29, 1.82) is 0 Å². The van der Waals surface area contributed by atoms with Crippen LogP contribution in [0, 0.1) is 5.92 Å². The van der Waals surface area contributed by atoms with Crippen molar-refractivity contribution in [2.75, 3.05) is 40.4 Å². The van der Waals surface area contributed by atoms with Crippen molar-refractivity contribution < 1.29 is 23.9 Å². The molecule has 0 spiro atoms. The number of ether oxygens (including phenoxy) is 2. The molecule has 2 aromatic carbocycles. The summed E-state index contributed by atoms with van der Waals surface area (Å²) in [6.07, 6.45) is 0.147. The normalized spacial score (nSPS) is 14.7. The van der Waals surface area contributed by atoms with Gasteiger partial charge in [-0.05, 0) is 42.5 Å². The van der Waals surface area contributed by atoms with E-state index in [1.54, 1.807) is 79.5 Å². The zero-order valence-corrected chi connectivity index (χ0v) is 18.2. The molecule has 1 aliphatic rings. The molecule has 0 aromatic heterocycles. The largest absolute Gasteiger partial charge is 0.497 e. The van der Waals surface area contributed by atoms with Crippen LogP contribution in [0.15, 0.2) is 48.5 Å². The van der Waals surface area contributed by atoms with E-state index in [-0.39, 0.29) is 24.0 Å². The van der Waals surface area contributed by atoms with Gasteiger partial charge < -0.3 is 19.3 Å². The van der Waals surface area contributed by atoms with E-state index in [2.05, 4.69) is 0 Å². The van der Waals surface area contributed by atoms with Gasteiger partial charge in [-0.3, -0.25) is 14.4 Å². The third-order valence-corrected chi connectivity index (χ3v) is 5.52. The molecule has 1 fully saturated rings. The van der Waals surface area contributed by atoms with Crippen LogP contribution in [0.1, 0.15) is 34.1 Å². The highest BCUT2D eigenvalue weighted by Crippen LogP contribution is 2.19. The van der Waals surface area contributed by atoms with E-state index in [4.69, 9.17) is 9.47 Å². The van der Waals surface area contributed by atoms with Gasteiger partial charge in [0.25, 0.3) is 5.91 Å². The minimum absolute atomic E-state index is 0.0599. The molecule has 1 heterocycles. The summed E-state index contributed by atoms with van der Waals surface area (Å²) in [5.74, 6) is 0.687. The van der Waals surface area contributed by atoms with Gasteiger partial charge in [0.15, 0.2) is 5.78 Å². The van der Waals surface area contributed by atoms with Crippen LogP contribution < -0.4 is 9.47 Å². The lowest BCUT2D eigenvalue weighted by Crippen LogP contribution is -2.51. The molecule has 0 radical (unpaired) electrons. The number of amides is 2. The van der Waals surface area contributed by atoms with Crippen molar-refractivity contribution in [1.82, 2.24) is 9.80 Å². The van der Waals surface area contributed by atoms with Crippen LogP contribution in [0.2, 0.25) is 0 Å². The van der Waals surface area contributed by atoms with Crippen molar-refractivity contribution in [3.8, 4) is 11.5 Å². The molecule has 7 heteroatoms. The van der Waals surface area contributed by atoms with Crippen molar-refractivity contribution in [2.45, 2.75) is 13.3 Å². The van der Waals surface area contributed by atoms with Gasteiger partial charge in [0, 0.05) is 49.6 Å². The predicted octanol–water partition coefficient (Wildman–Crippen LogP) is 2.90. The molecule has 1 aliphatic heterocycles. The highest BCUT2D eigenvalue weighted by Gasteiger charge is 2.28. The molecule has 31 heavy (non-hydrogen) atoms. The van der Waals surface area contributed by atoms with Gasteiger partial charge in [-0.25, -0.2) is 0 Å². The second kappa shape index (κ2) is 10.1. The molecular formula is C24H28N2O5. The Labute approximate surface area is 182 Å². The summed E-state index contributed by atoms with van der Waals surface area (Å²) in [7, 11) is 3.14. The number of carbonyl (C=O) groups is 3. The molecule has 2 amide bonds. The van der Waals surface area contributed by atoms with E-state index in [1.807, 2.05) is 0 Å². The van der Waals surface area contributed by atoms with Gasteiger partial charge in [-0.1, -0.05) is 13.0 Å². The number of piperazine rings is 1. The number of benzene rings is 2. The monoisotopic (exact) mass is 424 g/mol. The average Bonchev–Trinajstić information content (AvgIpc) is 2.83. The van der Waals surface area contributed by atoms with Gasteiger partial charge >= 0.3 is 0 Å². The fourth-order valence-corrected chi connectivity index (χ4v) is 3.64. The lowest BCUT2D eigenvalue weighted by Gasteiger charge is -2.36. The molecule has 0 saturated carbocycles. The fraction of sp³-hybridized carbons (Fsp3) is 0.375. The maximum atomic E-state index is 12.8. The Bertz CT molecular complexity index is 933. The van der Waals surface area contributed by atoms with Gasteiger partial charge in [-0.2, -0.15) is 0 Å². The van der Waals surface area contributed by atoms with Crippen LogP contribution in [0.5, 0.6) is 11.5 Å². The molecule has 3 rings (SSSR count). The number of ketones is 1. The molecule has 1 saturated heterocycles. The first-order valence-electron chi connectivity index (χ1n) is 10.3. The molecule has 0 N–H and O–H groups in total. The molecule has 7 nitrogen and oxygen atoms in total. The lowest BCUT2D eigenvalue weighted by atomic mass is 9.98. The zero-order valence-electron chi connectivity index (χ0n) is 18.2. The minimum atomic E-state index is -0.421. The predicted molar refractivity (Wildman–Crippen MR) is 117 cm³/mol. The molecule has 1 unspecified atom stereocenters. The highest BCUT2D eigenvalue weighted by atomic mass is 16.5. The third-order valence-electron chi connectivity index (χ3n) is 5.52. The second-order valence-corrected chi connectivity index (χ2v) is 7.61. The van der Waals surface area contributed by atoms with E-state index in [0.717, 1.165) is 0 Å². The summed E-state index contributed by atoms with van der Waals surface area (Å²) in [6.45, 7) is 3.60. The molecular weight excluding hydrogens is 396 g/mol. The Morgan fingerprint density at radius 2 is 1.45 bits per heavy atom. The average molecular weight is 424 g/mol. The van der Waals surface area contributed by atoms with Gasteiger partial charge in [-0.15, -0.1) is 0 Å². The second-order valence-electron chi connectivity index (χ2n) is 7.61. The minimum Gasteiger partial charge on any atom is -0.497 e. The third kappa shape index (κ3) is 5.42. The topological polar surface area (TPSA) is 76.2 Å². The van der Waals surface area contributed by atoms with Crippen LogP contribution in [-0.2, 0) is 4.79 Å². The molecule has 0 aliphatic carbocycles. The maximum Gasteiger partial charge on any atom is 0.254 e. The van der Waals surface area contributed by atoms with Crippen LogP contribution in [0.3, 0.4) is 0 Å². The van der Waals surface area contributed by atoms with E-state index < -0.39 is 5.92 Å². The number of nitrogens with zero attached hydrogens (tertiary/aromatic N) is 2. The van der Waals surface area contributed by atoms with Crippen LogP contribution in [0.4, 0.5) is 0 Å². The lowest BCUT2D eigenvalue weighted by molar-refractivity contribution is -0.136. The molecule has 1 atom stereocenters. The standard InChI is InChI=1S/C24H28N2O5/c1-17(15-22(27)18-7-9-20(30-2)10-8-18)23(28)25-11-13-26(14-12-25)24(29)19-5-4-6-21(16-19)31-3/h4-10,16-17H,11-15H2,1-3H3. The number of hydrogen-bond acceptors (Lipinski definition) is 5. The Balaban J connectivity index is 1.52. The first kappa shape index (κ1) is 22.3. The highest BCUT2D eigenvalue weighted by molar-refractivity contribution is 5.98. The van der Waals surface area contributed by atoms with E-state index in [9.17, 15) is 14.4 Å². The molecule has 2 aromatic rings. The number of hydrogen-bond donors (Lipinski definition) is 0. The number of Topliss-reactive ketones (excluding diaryl/α,β-unsaturated/α-hetero) is 1. The van der Waals surface area contributed by atoms with Crippen LogP contribution in [0.25, 0.3) is 0 Å². The number of methoxy groups -OCH3 is 2. The summed E-state index contributed by atoms with van der Waals surface area (Å²) in [5.41, 5.74) is 1.13. The first-order valence-corrected chi connectivity index (χ1v) is 10.3. The van der Waals surface area contributed by atoms with Gasteiger partial charge in [0.05, 0.1) is 14.2 Å². The van der Waals surface area contributed by atoms with E-state index >= 15 is 0 Å². The number of rotatable bonds is 7. The quantitative estimate of drug-likeness (QED) is 0.639. The van der Waals surface area contributed by atoms with Crippen molar-refractivity contribution in [3.05, 3.63) is 59.7 Å². The Hall–Kier alpha value is -3.35. The Kier molecular flexibility index (Phi) is 7.28. The number of carbonyl (C=O) groups excluding carboxylic acids is 3.